The Morgan fingerprint density at radius 2 is 0.654 bits per heavy atom. The van der Waals surface area contributed by atoms with Gasteiger partial charge in [-0.3, -0.25) is 31.2 Å². The molecule has 0 unspecified atom stereocenters. The molecule has 0 fully saturated rings. The molecule has 9 N–H and O–H groups in total. The molecule has 0 aromatic carbocycles. The predicted molar refractivity (Wildman–Crippen MR) is 71.0 cm³/mol. The van der Waals surface area contributed by atoms with Gasteiger partial charge in [0.25, 0.3) is 0 Å². The van der Waals surface area contributed by atoms with Crippen molar-refractivity contribution in [3.8, 4) is 0 Å². The van der Waals surface area contributed by atoms with Crippen molar-refractivity contribution < 1.29 is 86.5 Å². The van der Waals surface area contributed by atoms with E-state index >= 15 is 0 Å². The zero-order valence-electron chi connectivity index (χ0n) is 12.5. The first kappa shape index (κ1) is 39.7. The zero-order chi connectivity index (χ0) is 21.9. The maximum atomic E-state index is 9.24. The Kier molecular flexibility index (Phi) is 36.3. The van der Waals surface area contributed by atoms with Crippen LogP contribution in [-0.2, 0) is 56.9 Å². The number of nitrogens with two attached hydrogens (primary N) is 3. The maximum absolute atomic E-state index is 9.24. The Labute approximate surface area is 162 Å². The van der Waals surface area contributed by atoms with Gasteiger partial charge in [0, 0.05) is 20.8 Å². The van der Waals surface area contributed by atoms with Gasteiger partial charge in [-0.1, -0.05) is 0 Å². The second-order valence-electron chi connectivity index (χ2n) is 2.61. The van der Waals surface area contributed by atoms with E-state index < -0.39 is 38.7 Å². The van der Waals surface area contributed by atoms with Crippen LogP contribution in [-0.4, -0.2) is 87.9 Å². The van der Waals surface area contributed by atoms with Crippen LogP contribution in [0, 0.1) is 0 Å². The summed E-state index contributed by atoms with van der Waals surface area (Å²) in [5, 5.41) is 22.8. The molecule has 26 heavy (non-hydrogen) atoms. The quantitative estimate of drug-likeness (QED) is 0.128. The molecule has 154 valence electrons. The fraction of sp³-hybridized carbons (Fsp3) is 0.500. The smallest absolute Gasteiger partial charge is 0.759 e. The molecule has 0 radical (unpaired) electrons. The number of carbonyl (C=O) groups is 3. The van der Waals surface area contributed by atoms with Crippen LogP contribution in [0.3, 0.4) is 0 Å². The fourth-order valence-electron chi connectivity index (χ4n) is 0. The largest absolute Gasteiger partial charge is 4.00 e. The first-order chi connectivity index (χ1) is 10.8. The zero-order valence-corrected chi connectivity index (χ0v) is 15.7. The minimum absolute atomic E-state index is 0. The summed E-state index contributed by atoms with van der Waals surface area (Å²) in [6.45, 7) is -0.833. The van der Waals surface area contributed by atoms with Crippen molar-refractivity contribution in [2.75, 3.05) is 19.6 Å². The number of carboxylic acid groups (broad SMARTS) is 3. The molecule has 20 heteroatoms. The van der Waals surface area contributed by atoms with Crippen molar-refractivity contribution in [3.63, 3.8) is 0 Å². The van der Waals surface area contributed by atoms with Crippen molar-refractivity contribution in [2.24, 2.45) is 17.2 Å². The van der Waals surface area contributed by atoms with Gasteiger partial charge >= 0.3 is 39.6 Å². The van der Waals surface area contributed by atoms with E-state index in [0.29, 0.717) is 0 Å². The average Bonchev–Trinajstić information content (AvgIpc) is 2.36. The van der Waals surface area contributed by atoms with Gasteiger partial charge in [-0.25, -0.2) is 0 Å². The van der Waals surface area contributed by atoms with Crippen LogP contribution in [0.15, 0.2) is 0 Å². The van der Waals surface area contributed by atoms with Gasteiger partial charge in [-0.2, -0.15) is 0 Å². The molecule has 0 spiro atoms. The molecule has 17 nitrogen and oxygen atoms in total. The molecule has 0 aliphatic rings. The first-order valence-corrected chi connectivity index (χ1v) is 7.57. The van der Waals surface area contributed by atoms with Crippen LogP contribution in [0.4, 0.5) is 0 Å². The topological polar surface area (TPSA) is 350 Å². The minimum Gasteiger partial charge on any atom is -0.759 e. The SMILES string of the molecule is NCC(=O)O.NCC(=O)O.NCC(=O)O.O=S(=O)([O-])[O-].O=S(=O)([O-])[O-].[Ti+4]. The Hall–Kier alpha value is -1.26. The Balaban J connectivity index is -0.0000000476. The average molecular weight is 465 g/mol. The number of hydrogen-bond acceptors (Lipinski definition) is 14. The van der Waals surface area contributed by atoms with E-state index in [1.807, 2.05) is 0 Å². The van der Waals surface area contributed by atoms with Crippen LogP contribution in [0.1, 0.15) is 0 Å². The van der Waals surface area contributed by atoms with E-state index in [0.717, 1.165) is 0 Å². The van der Waals surface area contributed by atoms with Crippen LogP contribution in [0.25, 0.3) is 0 Å². The van der Waals surface area contributed by atoms with Gasteiger partial charge in [0.15, 0.2) is 0 Å². The Bertz CT molecular complexity index is 482. The molecular formula is C6H15N3O14S2Ti. The first-order valence-electron chi connectivity index (χ1n) is 4.90. The molecule has 0 amide bonds. The van der Waals surface area contributed by atoms with E-state index in [9.17, 15) is 14.4 Å². The summed E-state index contributed by atoms with van der Waals surface area (Å²) in [4.78, 5) is 27.7. The third-order valence-corrected chi connectivity index (χ3v) is 0.524. The molecule has 0 aliphatic carbocycles. The van der Waals surface area contributed by atoms with Gasteiger partial charge < -0.3 is 50.7 Å². The van der Waals surface area contributed by atoms with Gasteiger partial charge in [-0.05, 0) is 0 Å². The van der Waals surface area contributed by atoms with Crippen LogP contribution < -0.4 is 17.2 Å². The summed E-state index contributed by atoms with van der Waals surface area (Å²) in [6.07, 6.45) is 0. The van der Waals surface area contributed by atoms with Crippen LogP contribution >= 0.6 is 0 Å². The molecule has 0 atom stereocenters. The Morgan fingerprint density at radius 1 is 0.615 bits per heavy atom. The van der Waals surface area contributed by atoms with E-state index in [4.69, 9.17) is 50.4 Å². The number of aliphatic carboxylic acids is 3. The second kappa shape index (κ2) is 23.7. The van der Waals surface area contributed by atoms with Crippen molar-refractivity contribution in [1.29, 1.82) is 0 Å². The summed E-state index contributed by atoms with van der Waals surface area (Å²) in [5.41, 5.74) is 13.7. The standard InChI is InChI=1S/3C2H5NO2.2H2O4S.Ti/c3*3-1-2(4)5;2*1-5(2,3)4;/h3*1,3H2,(H,4,5);2*(H2,1,2,3,4);/q;;;;;+4/p-4. The van der Waals surface area contributed by atoms with Gasteiger partial charge in [0.2, 0.25) is 0 Å². The normalized spacial score (nSPS) is 8.73. The monoisotopic (exact) mass is 465 g/mol. The van der Waals surface area contributed by atoms with Crippen LogP contribution in [0.5, 0.6) is 0 Å². The second-order valence-corrected chi connectivity index (χ2v) is 4.24. The third-order valence-electron chi connectivity index (χ3n) is 0.524. The molecule has 0 aromatic rings. The van der Waals surface area contributed by atoms with E-state index in [2.05, 4.69) is 17.2 Å². The summed E-state index contributed by atoms with van der Waals surface area (Å²) in [5.74, 6) is -2.90. The molecule has 0 saturated heterocycles. The van der Waals surface area contributed by atoms with E-state index in [1.54, 1.807) is 0 Å². The van der Waals surface area contributed by atoms with Gasteiger partial charge in [-0.15, -0.1) is 0 Å². The molecule has 0 bridgehead atoms. The molecule has 0 heterocycles. The Morgan fingerprint density at radius 3 is 0.654 bits per heavy atom. The number of hydrogen-bond donors (Lipinski definition) is 6. The van der Waals surface area contributed by atoms with Gasteiger partial charge in [0.05, 0.1) is 19.6 Å². The van der Waals surface area contributed by atoms with Crippen molar-refractivity contribution in [2.45, 2.75) is 0 Å². The summed E-state index contributed by atoms with van der Waals surface area (Å²) < 4.78 is 68.2. The number of carboxylic acids is 3. The summed E-state index contributed by atoms with van der Waals surface area (Å²) in [7, 11) is -10.3. The molecule has 0 saturated carbocycles. The van der Waals surface area contributed by atoms with Crippen molar-refractivity contribution in [1.82, 2.24) is 0 Å². The predicted octanol–water partition coefficient (Wildman–Crippen LogP) is -5.59. The third kappa shape index (κ3) is 478. The van der Waals surface area contributed by atoms with Crippen molar-refractivity contribution in [3.05, 3.63) is 0 Å². The molecular weight excluding hydrogens is 450 g/mol. The maximum Gasteiger partial charge on any atom is 4.00 e. The molecule has 0 aliphatic heterocycles. The van der Waals surface area contributed by atoms with E-state index in [-0.39, 0.29) is 41.4 Å². The van der Waals surface area contributed by atoms with Gasteiger partial charge in [0.1, 0.15) is 0 Å². The minimum atomic E-state index is -5.17. The summed E-state index contributed by atoms with van der Waals surface area (Å²) >= 11 is 0. The number of rotatable bonds is 3. The molecule has 0 rings (SSSR count). The molecule has 0 aromatic heterocycles. The fourth-order valence-corrected chi connectivity index (χ4v) is 0. The van der Waals surface area contributed by atoms with E-state index in [1.165, 1.54) is 0 Å². The van der Waals surface area contributed by atoms with Crippen LogP contribution in [0.2, 0.25) is 0 Å². The summed E-state index contributed by atoms with van der Waals surface area (Å²) in [6, 6.07) is 0. The van der Waals surface area contributed by atoms with Crippen molar-refractivity contribution >= 4 is 38.7 Å².